The molecule has 0 heterocycles. The predicted molar refractivity (Wildman–Crippen MR) is 64.5 cm³/mol. The van der Waals surface area contributed by atoms with Gasteiger partial charge < -0.3 is 20.5 Å². The second-order valence-corrected chi connectivity index (χ2v) is 4.06. The smallest absolute Gasteiger partial charge is 0.188 e. The number of aliphatic imine (C=N–C) groups is 1. The van der Waals surface area contributed by atoms with E-state index in [-0.39, 0.29) is 0 Å². The van der Waals surface area contributed by atoms with Crippen molar-refractivity contribution in [2.45, 2.75) is 19.3 Å². The van der Waals surface area contributed by atoms with Crippen molar-refractivity contribution in [2.75, 3.05) is 40.0 Å². The topological polar surface area (TPSA) is 68.9 Å². The van der Waals surface area contributed by atoms with Crippen LogP contribution >= 0.6 is 0 Å². The Balaban J connectivity index is 1.84. The molecule has 1 rings (SSSR count). The number of hydrogen-bond acceptors (Lipinski definition) is 3. The lowest BCUT2D eigenvalue weighted by molar-refractivity contribution is 0.123. The Morgan fingerprint density at radius 1 is 1.44 bits per heavy atom. The normalized spacial score (nSPS) is 16.4. The zero-order chi connectivity index (χ0) is 11.6. The molecular weight excluding hydrogens is 206 g/mol. The second kappa shape index (κ2) is 8.35. The summed E-state index contributed by atoms with van der Waals surface area (Å²) in [5.74, 6) is 1.32. The SMILES string of the molecule is COCCNC(N)=NCCCOCC1CC1. The first-order chi connectivity index (χ1) is 7.83. The summed E-state index contributed by atoms with van der Waals surface area (Å²) in [5.41, 5.74) is 5.63. The van der Waals surface area contributed by atoms with Crippen molar-refractivity contribution in [1.82, 2.24) is 5.32 Å². The summed E-state index contributed by atoms with van der Waals surface area (Å²) < 4.78 is 10.4. The molecule has 1 saturated carbocycles. The second-order valence-electron chi connectivity index (χ2n) is 4.06. The molecule has 0 radical (unpaired) electrons. The minimum Gasteiger partial charge on any atom is -0.383 e. The third-order valence-corrected chi connectivity index (χ3v) is 2.39. The molecule has 0 atom stereocenters. The summed E-state index contributed by atoms with van der Waals surface area (Å²) in [7, 11) is 1.66. The Labute approximate surface area is 97.4 Å². The van der Waals surface area contributed by atoms with E-state index in [0.29, 0.717) is 19.1 Å². The average molecular weight is 229 g/mol. The van der Waals surface area contributed by atoms with Crippen LogP contribution in [0.5, 0.6) is 0 Å². The first-order valence-corrected chi connectivity index (χ1v) is 5.93. The summed E-state index contributed by atoms with van der Waals surface area (Å²) >= 11 is 0. The largest absolute Gasteiger partial charge is 0.383 e. The van der Waals surface area contributed by atoms with Gasteiger partial charge >= 0.3 is 0 Å². The molecule has 0 aromatic carbocycles. The number of ether oxygens (including phenoxy) is 2. The third kappa shape index (κ3) is 7.48. The maximum absolute atomic E-state index is 5.63. The van der Waals surface area contributed by atoms with Crippen molar-refractivity contribution in [3.63, 3.8) is 0 Å². The van der Waals surface area contributed by atoms with E-state index in [1.54, 1.807) is 7.11 Å². The molecular formula is C11H23N3O2. The lowest BCUT2D eigenvalue weighted by atomic mass is 10.4. The van der Waals surface area contributed by atoms with Crippen LogP contribution in [0.25, 0.3) is 0 Å². The van der Waals surface area contributed by atoms with Gasteiger partial charge in [0.15, 0.2) is 5.96 Å². The minimum absolute atomic E-state index is 0.485. The van der Waals surface area contributed by atoms with Crippen molar-refractivity contribution in [3.05, 3.63) is 0 Å². The molecule has 0 saturated heterocycles. The van der Waals surface area contributed by atoms with E-state index in [1.165, 1.54) is 12.8 Å². The lowest BCUT2D eigenvalue weighted by Crippen LogP contribution is -2.34. The van der Waals surface area contributed by atoms with E-state index >= 15 is 0 Å². The Morgan fingerprint density at radius 3 is 2.94 bits per heavy atom. The highest BCUT2D eigenvalue weighted by molar-refractivity contribution is 5.77. The third-order valence-electron chi connectivity index (χ3n) is 2.39. The summed E-state index contributed by atoms with van der Waals surface area (Å²) in [6.45, 7) is 3.76. The van der Waals surface area contributed by atoms with Crippen LogP contribution in [0.2, 0.25) is 0 Å². The molecule has 16 heavy (non-hydrogen) atoms. The van der Waals surface area contributed by atoms with Gasteiger partial charge in [-0.15, -0.1) is 0 Å². The number of methoxy groups -OCH3 is 1. The molecule has 0 bridgehead atoms. The molecule has 0 aromatic rings. The quantitative estimate of drug-likeness (QED) is 0.340. The van der Waals surface area contributed by atoms with Crippen molar-refractivity contribution < 1.29 is 9.47 Å². The number of nitrogens with zero attached hydrogens (tertiary/aromatic N) is 1. The van der Waals surface area contributed by atoms with Gasteiger partial charge in [-0.25, -0.2) is 0 Å². The summed E-state index contributed by atoms with van der Waals surface area (Å²) in [5, 5.41) is 2.96. The van der Waals surface area contributed by atoms with E-state index in [9.17, 15) is 0 Å². The molecule has 0 amide bonds. The van der Waals surface area contributed by atoms with E-state index in [2.05, 4.69) is 10.3 Å². The van der Waals surface area contributed by atoms with Gasteiger partial charge in [-0.1, -0.05) is 0 Å². The Hall–Kier alpha value is -0.810. The predicted octanol–water partition coefficient (Wildman–Crippen LogP) is 0.354. The van der Waals surface area contributed by atoms with Crippen LogP contribution in [-0.4, -0.2) is 46.0 Å². The molecule has 94 valence electrons. The van der Waals surface area contributed by atoms with Crippen LogP contribution in [0, 0.1) is 5.92 Å². The van der Waals surface area contributed by atoms with Crippen molar-refractivity contribution in [1.29, 1.82) is 0 Å². The first kappa shape index (κ1) is 13.3. The zero-order valence-electron chi connectivity index (χ0n) is 10.1. The summed E-state index contributed by atoms with van der Waals surface area (Å²) in [4.78, 5) is 4.18. The van der Waals surface area contributed by atoms with Gasteiger partial charge in [-0.2, -0.15) is 0 Å². The van der Waals surface area contributed by atoms with Gasteiger partial charge in [-0.05, 0) is 25.2 Å². The maximum Gasteiger partial charge on any atom is 0.188 e. The molecule has 0 aromatic heterocycles. The molecule has 1 fully saturated rings. The highest BCUT2D eigenvalue weighted by atomic mass is 16.5. The van der Waals surface area contributed by atoms with Crippen LogP contribution < -0.4 is 11.1 Å². The highest BCUT2D eigenvalue weighted by Gasteiger charge is 2.20. The van der Waals surface area contributed by atoms with Crippen molar-refractivity contribution in [2.24, 2.45) is 16.6 Å². The first-order valence-electron chi connectivity index (χ1n) is 5.93. The monoisotopic (exact) mass is 229 g/mol. The van der Waals surface area contributed by atoms with Crippen LogP contribution in [0.1, 0.15) is 19.3 Å². The number of rotatable bonds is 9. The van der Waals surface area contributed by atoms with E-state index in [4.69, 9.17) is 15.2 Å². The molecule has 0 spiro atoms. The number of guanidine groups is 1. The number of nitrogens with one attached hydrogen (secondary N) is 1. The van der Waals surface area contributed by atoms with Crippen molar-refractivity contribution >= 4 is 5.96 Å². The van der Waals surface area contributed by atoms with E-state index in [1.807, 2.05) is 0 Å². The summed E-state index contributed by atoms with van der Waals surface area (Å²) in [6, 6.07) is 0. The van der Waals surface area contributed by atoms with Crippen LogP contribution in [0.15, 0.2) is 4.99 Å². The Morgan fingerprint density at radius 2 is 2.25 bits per heavy atom. The fourth-order valence-electron chi connectivity index (χ4n) is 1.24. The fraction of sp³-hybridized carbons (Fsp3) is 0.909. The lowest BCUT2D eigenvalue weighted by Gasteiger charge is -2.04. The van der Waals surface area contributed by atoms with Gasteiger partial charge in [0.1, 0.15) is 0 Å². The van der Waals surface area contributed by atoms with Crippen LogP contribution in [-0.2, 0) is 9.47 Å². The van der Waals surface area contributed by atoms with Crippen LogP contribution in [0.4, 0.5) is 0 Å². The zero-order valence-corrected chi connectivity index (χ0v) is 10.1. The van der Waals surface area contributed by atoms with Gasteiger partial charge in [-0.3, -0.25) is 4.99 Å². The molecule has 1 aliphatic rings. The van der Waals surface area contributed by atoms with E-state index in [0.717, 1.165) is 32.1 Å². The molecule has 5 heteroatoms. The molecule has 0 unspecified atom stereocenters. The fourth-order valence-corrected chi connectivity index (χ4v) is 1.24. The molecule has 1 aliphatic carbocycles. The molecule has 5 nitrogen and oxygen atoms in total. The van der Waals surface area contributed by atoms with Gasteiger partial charge in [0.05, 0.1) is 6.61 Å². The highest BCUT2D eigenvalue weighted by Crippen LogP contribution is 2.28. The molecule has 0 aliphatic heterocycles. The number of hydrogen-bond donors (Lipinski definition) is 2. The standard InChI is InChI=1S/C11H23N3O2/c1-15-8-6-14-11(12)13-5-2-7-16-9-10-3-4-10/h10H,2-9H2,1H3,(H3,12,13,14). The van der Waals surface area contributed by atoms with E-state index < -0.39 is 0 Å². The average Bonchev–Trinajstić information content (AvgIpc) is 3.07. The Bertz CT molecular complexity index is 205. The molecule has 3 N–H and O–H groups in total. The van der Waals surface area contributed by atoms with Gasteiger partial charge in [0.2, 0.25) is 0 Å². The summed E-state index contributed by atoms with van der Waals surface area (Å²) in [6.07, 6.45) is 3.61. The Kier molecular flexibility index (Phi) is 6.92. The minimum atomic E-state index is 0.485. The van der Waals surface area contributed by atoms with Crippen molar-refractivity contribution in [3.8, 4) is 0 Å². The maximum atomic E-state index is 5.63. The van der Waals surface area contributed by atoms with Crippen LogP contribution in [0.3, 0.4) is 0 Å². The van der Waals surface area contributed by atoms with Gasteiger partial charge in [0.25, 0.3) is 0 Å². The number of nitrogens with two attached hydrogens (primary N) is 1. The van der Waals surface area contributed by atoms with Gasteiger partial charge in [0, 0.05) is 33.4 Å².